The minimum Gasteiger partial charge on any atom is -0.316 e. The highest BCUT2D eigenvalue weighted by molar-refractivity contribution is 5.83. The molecule has 82 valence electrons. The van der Waals surface area contributed by atoms with E-state index >= 15 is 0 Å². The molecule has 6 heteroatoms. The molecule has 3 atom stereocenters. The van der Waals surface area contributed by atoms with Crippen molar-refractivity contribution in [3.63, 3.8) is 0 Å². The summed E-state index contributed by atoms with van der Waals surface area (Å²) in [6, 6.07) is 0.546. The first-order chi connectivity index (χ1) is 6.95. The van der Waals surface area contributed by atoms with E-state index < -0.39 is 18.1 Å². The van der Waals surface area contributed by atoms with Gasteiger partial charge in [-0.3, -0.25) is 4.79 Å². The smallest absolute Gasteiger partial charge is 0.316 e. The molecular weight excluding hydrogens is 209 g/mol. The number of carbonyl (C=O) groups is 1. The minimum atomic E-state index is -4.86. The Bertz CT molecular complexity index is 333. The summed E-state index contributed by atoms with van der Waals surface area (Å²) in [6.07, 6.45) is -2.98. The third kappa shape index (κ3) is 1.46. The van der Waals surface area contributed by atoms with Crippen LogP contribution in [0.25, 0.3) is 0 Å². The lowest BCUT2D eigenvalue weighted by atomic mass is 10.00. The lowest BCUT2D eigenvalue weighted by Gasteiger charge is -2.31. The predicted molar refractivity (Wildman–Crippen MR) is 43.4 cm³/mol. The van der Waals surface area contributed by atoms with Gasteiger partial charge in [0.15, 0.2) is 0 Å². The highest BCUT2D eigenvalue weighted by Gasteiger charge is 2.54. The summed E-state index contributed by atoms with van der Waals surface area (Å²) >= 11 is 0. The second kappa shape index (κ2) is 3.12. The highest BCUT2D eigenvalue weighted by atomic mass is 19.4. The van der Waals surface area contributed by atoms with Crippen LogP contribution in [0, 0.1) is 17.2 Å². The van der Waals surface area contributed by atoms with Crippen LogP contribution in [0.3, 0.4) is 0 Å². The normalized spacial score (nSPS) is 34.3. The van der Waals surface area contributed by atoms with E-state index in [-0.39, 0.29) is 12.0 Å². The van der Waals surface area contributed by atoms with E-state index in [0.717, 1.165) is 11.3 Å². The van der Waals surface area contributed by atoms with E-state index in [1.54, 1.807) is 6.07 Å². The maximum absolute atomic E-state index is 12.2. The standard InChI is InChI=1S/C9H9F3N2O/c10-9(11,12)8(15)14-6-2-1-5(3-6)7(14)4-13/h5-7H,1-3H2/t5-,6+,7+/m0/s1. The van der Waals surface area contributed by atoms with Gasteiger partial charge in [0.2, 0.25) is 0 Å². The molecule has 1 saturated carbocycles. The molecule has 2 rings (SSSR count). The molecule has 1 saturated heterocycles. The molecule has 2 fully saturated rings. The molecule has 0 aromatic heterocycles. The van der Waals surface area contributed by atoms with Crippen molar-refractivity contribution in [2.45, 2.75) is 37.5 Å². The zero-order chi connectivity index (χ0) is 11.2. The van der Waals surface area contributed by atoms with Gasteiger partial charge in [0.05, 0.1) is 6.07 Å². The minimum absolute atomic E-state index is 0.0636. The number of hydrogen-bond acceptors (Lipinski definition) is 2. The number of carbonyl (C=O) groups excluding carboxylic acids is 1. The maximum atomic E-state index is 12.2. The Morgan fingerprint density at radius 1 is 1.40 bits per heavy atom. The lowest BCUT2D eigenvalue weighted by Crippen LogP contribution is -2.50. The van der Waals surface area contributed by atoms with E-state index in [9.17, 15) is 18.0 Å². The van der Waals surface area contributed by atoms with Crippen molar-refractivity contribution in [2.75, 3.05) is 0 Å². The number of fused-ring (bicyclic) bond motifs is 2. The SMILES string of the molecule is N#C[C@@H]1[C@H]2CC[C@H](C2)N1C(=O)C(F)(F)F. The quantitative estimate of drug-likeness (QED) is 0.617. The van der Waals surface area contributed by atoms with Gasteiger partial charge in [0.25, 0.3) is 0 Å². The molecule has 3 nitrogen and oxygen atoms in total. The van der Waals surface area contributed by atoms with E-state index in [0.29, 0.717) is 12.8 Å². The zero-order valence-electron chi connectivity index (χ0n) is 7.79. The molecule has 2 aliphatic rings. The van der Waals surface area contributed by atoms with Crippen LogP contribution in [0.2, 0.25) is 0 Å². The Morgan fingerprint density at radius 3 is 2.60 bits per heavy atom. The van der Waals surface area contributed by atoms with Gasteiger partial charge in [-0.2, -0.15) is 18.4 Å². The average Bonchev–Trinajstić information content (AvgIpc) is 2.73. The van der Waals surface area contributed by atoms with E-state index in [1.165, 1.54) is 0 Å². The number of piperidine rings is 1. The summed E-state index contributed by atoms with van der Waals surface area (Å²) in [7, 11) is 0. The van der Waals surface area contributed by atoms with E-state index in [2.05, 4.69) is 0 Å². The molecule has 0 N–H and O–H groups in total. The van der Waals surface area contributed by atoms with Crippen molar-refractivity contribution in [1.29, 1.82) is 5.26 Å². The number of amides is 1. The van der Waals surface area contributed by atoms with Crippen LogP contribution in [0.4, 0.5) is 13.2 Å². The fourth-order valence-corrected chi connectivity index (χ4v) is 2.59. The van der Waals surface area contributed by atoms with Gasteiger partial charge in [0.1, 0.15) is 6.04 Å². The summed E-state index contributed by atoms with van der Waals surface area (Å²) in [6.45, 7) is 0. The molecule has 1 heterocycles. The topological polar surface area (TPSA) is 44.1 Å². The van der Waals surface area contributed by atoms with Gasteiger partial charge in [-0.05, 0) is 25.2 Å². The van der Waals surface area contributed by atoms with Crippen molar-refractivity contribution < 1.29 is 18.0 Å². The summed E-state index contributed by atoms with van der Waals surface area (Å²) in [4.78, 5) is 11.8. The molecule has 0 radical (unpaired) electrons. The number of likely N-dealkylation sites (tertiary alicyclic amines) is 1. The third-order valence-corrected chi connectivity index (χ3v) is 3.19. The van der Waals surface area contributed by atoms with Crippen molar-refractivity contribution >= 4 is 5.91 Å². The molecule has 0 unspecified atom stereocenters. The van der Waals surface area contributed by atoms with Crippen LogP contribution in [-0.2, 0) is 4.79 Å². The molecule has 15 heavy (non-hydrogen) atoms. The van der Waals surface area contributed by atoms with Crippen LogP contribution in [0.5, 0.6) is 0 Å². The van der Waals surface area contributed by atoms with Crippen LogP contribution in [-0.4, -0.2) is 29.1 Å². The van der Waals surface area contributed by atoms with E-state index in [1.807, 2.05) is 0 Å². The Kier molecular flexibility index (Phi) is 2.14. The third-order valence-electron chi connectivity index (χ3n) is 3.19. The summed E-state index contributed by atoms with van der Waals surface area (Å²) < 4.78 is 36.7. The van der Waals surface area contributed by atoms with Gasteiger partial charge in [-0.15, -0.1) is 0 Å². The van der Waals surface area contributed by atoms with Gasteiger partial charge >= 0.3 is 12.1 Å². The molecule has 2 bridgehead atoms. The Balaban J connectivity index is 2.23. The van der Waals surface area contributed by atoms with E-state index in [4.69, 9.17) is 5.26 Å². The van der Waals surface area contributed by atoms with Gasteiger partial charge in [-0.1, -0.05) is 0 Å². The first-order valence-electron chi connectivity index (χ1n) is 4.74. The molecule has 1 aliphatic carbocycles. The number of rotatable bonds is 0. The predicted octanol–water partition coefficient (Wildman–Crippen LogP) is 1.45. The number of halogens is 3. The molecule has 0 aromatic carbocycles. The Labute approximate surface area is 84.5 Å². The second-order valence-corrected chi connectivity index (χ2v) is 4.01. The van der Waals surface area contributed by atoms with Crippen molar-refractivity contribution in [3.8, 4) is 6.07 Å². The van der Waals surface area contributed by atoms with Crippen LogP contribution in [0.1, 0.15) is 19.3 Å². The van der Waals surface area contributed by atoms with Crippen molar-refractivity contribution in [1.82, 2.24) is 4.90 Å². The zero-order valence-corrected chi connectivity index (χ0v) is 7.79. The first-order valence-corrected chi connectivity index (χ1v) is 4.74. The van der Waals surface area contributed by atoms with Gasteiger partial charge < -0.3 is 4.90 Å². The van der Waals surface area contributed by atoms with Crippen LogP contribution in [0.15, 0.2) is 0 Å². The molecule has 1 amide bonds. The summed E-state index contributed by atoms with van der Waals surface area (Å²) in [5.41, 5.74) is 0. The molecule has 1 aliphatic heterocycles. The first kappa shape index (κ1) is 10.3. The fourth-order valence-electron chi connectivity index (χ4n) is 2.59. The van der Waals surface area contributed by atoms with Crippen LogP contribution >= 0.6 is 0 Å². The van der Waals surface area contributed by atoms with Crippen molar-refractivity contribution in [2.24, 2.45) is 5.92 Å². The monoisotopic (exact) mass is 218 g/mol. The highest BCUT2D eigenvalue weighted by Crippen LogP contribution is 2.43. The summed E-state index contributed by atoms with van der Waals surface area (Å²) in [5.74, 6) is -1.92. The van der Waals surface area contributed by atoms with Crippen molar-refractivity contribution in [3.05, 3.63) is 0 Å². The molecular formula is C9H9F3N2O. The van der Waals surface area contributed by atoms with Gasteiger partial charge in [-0.25, -0.2) is 0 Å². The number of hydrogen-bond donors (Lipinski definition) is 0. The molecule has 0 spiro atoms. The fraction of sp³-hybridized carbons (Fsp3) is 0.778. The number of alkyl halides is 3. The van der Waals surface area contributed by atoms with Crippen LogP contribution < -0.4 is 0 Å². The maximum Gasteiger partial charge on any atom is 0.471 e. The number of nitriles is 1. The largest absolute Gasteiger partial charge is 0.471 e. The molecule has 0 aromatic rings. The Morgan fingerprint density at radius 2 is 2.07 bits per heavy atom. The second-order valence-electron chi connectivity index (χ2n) is 4.01. The average molecular weight is 218 g/mol. The summed E-state index contributed by atoms with van der Waals surface area (Å²) in [5, 5.41) is 8.76. The Hall–Kier alpha value is -1.25. The number of nitrogens with zero attached hydrogens (tertiary/aromatic N) is 2. The lowest BCUT2D eigenvalue weighted by molar-refractivity contribution is -0.188. The van der Waals surface area contributed by atoms with Gasteiger partial charge in [0, 0.05) is 6.04 Å².